The Balaban J connectivity index is 2.04. The minimum atomic E-state index is -0.435. The predicted molar refractivity (Wildman–Crippen MR) is 96.7 cm³/mol. The highest BCUT2D eigenvalue weighted by Gasteiger charge is 2.15. The molecule has 0 spiro atoms. The number of esters is 1. The fraction of sp³-hybridized carbons (Fsp3) is 0.211. The van der Waals surface area contributed by atoms with Gasteiger partial charge in [-0.25, -0.2) is 4.79 Å². The molecule has 0 saturated heterocycles. The van der Waals surface area contributed by atoms with Crippen LogP contribution in [-0.4, -0.2) is 29.7 Å². The van der Waals surface area contributed by atoms with Gasteiger partial charge >= 0.3 is 5.97 Å². The first-order valence-electron chi connectivity index (χ1n) is 7.92. The van der Waals surface area contributed by atoms with Crippen LogP contribution in [0.3, 0.4) is 0 Å². The van der Waals surface area contributed by atoms with E-state index in [1.807, 2.05) is 17.8 Å². The molecule has 26 heavy (non-hydrogen) atoms. The monoisotopic (exact) mass is 354 g/mol. The number of hydrogen-bond donors (Lipinski definition) is 0. The van der Waals surface area contributed by atoms with Gasteiger partial charge < -0.3 is 14.0 Å². The number of carbonyl (C=O) groups excluding carboxylic acids is 1. The van der Waals surface area contributed by atoms with Gasteiger partial charge in [-0.3, -0.25) is 10.1 Å². The molecule has 2 aromatic carbocycles. The molecule has 0 atom stereocenters. The molecule has 7 nitrogen and oxygen atoms in total. The zero-order chi connectivity index (χ0) is 18.8. The van der Waals surface area contributed by atoms with E-state index in [4.69, 9.17) is 9.47 Å². The summed E-state index contributed by atoms with van der Waals surface area (Å²) in [5.41, 5.74) is 3.19. The van der Waals surface area contributed by atoms with Crippen molar-refractivity contribution in [3.05, 3.63) is 69.4 Å². The lowest BCUT2D eigenvalue weighted by Crippen LogP contribution is -2.03. The molecule has 0 amide bonds. The predicted octanol–water partition coefficient (Wildman–Crippen LogP) is 3.47. The van der Waals surface area contributed by atoms with Gasteiger partial charge in [-0.05, 0) is 29.3 Å². The number of hydrogen-bond acceptors (Lipinski definition) is 5. The third-order valence-corrected chi connectivity index (χ3v) is 4.36. The Morgan fingerprint density at radius 3 is 2.58 bits per heavy atom. The SMILES string of the molecule is COC(=O)c1ccc(Cc2cn(C)c3ccc([N+](=O)[O-])cc23)c(OC)c1. The molecule has 0 unspecified atom stereocenters. The lowest BCUT2D eigenvalue weighted by Gasteiger charge is -2.10. The van der Waals surface area contributed by atoms with E-state index < -0.39 is 10.9 Å². The number of nitrogens with zero attached hydrogens (tertiary/aromatic N) is 2. The summed E-state index contributed by atoms with van der Waals surface area (Å²) in [6.45, 7) is 0. The van der Waals surface area contributed by atoms with Crippen molar-refractivity contribution in [2.45, 2.75) is 6.42 Å². The molecule has 0 radical (unpaired) electrons. The third-order valence-electron chi connectivity index (χ3n) is 4.36. The van der Waals surface area contributed by atoms with Gasteiger partial charge in [-0.1, -0.05) is 6.07 Å². The summed E-state index contributed by atoms with van der Waals surface area (Å²) in [5, 5.41) is 11.9. The second kappa shape index (κ2) is 6.87. The molecule has 0 bridgehead atoms. The second-order valence-corrected chi connectivity index (χ2v) is 5.92. The molecule has 134 valence electrons. The topological polar surface area (TPSA) is 83.6 Å². The van der Waals surface area contributed by atoms with Crippen molar-refractivity contribution in [2.75, 3.05) is 14.2 Å². The van der Waals surface area contributed by atoms with E-state index in [0.29, 0.717) is 17.7 Å². The Kier molecular flexibility index (Phi) is 4.62. The van der Waals surface area contributed by atoms with Crippen LogP contribution in [-0.2, 0) is 18.2 Å². The second-order valence-electron chi connectivity index (χ2n) is 5.92. The van der Waals surface area contributed by atoms with Crippen LogP contribution in [0.2, 0.25) is 0 Å². The summed E-state index contributed by atoms with van der Waals surface area (Å²) < 4.78 is 12.1. The van der Waals surface area contributed by atoms with Crippen molar-refractivity contribution in [1.82, 2.24) is 4.57 Å². The standard InChI is InChI=1S/C19H18N2O5/c1-20-11-14(16-10-15(21(23)24)6-7-17(16)20)8-12-4-5-13(19(22)26-3)9-18(12)25-2/h4-7,9-11H,8H2,1-3H3. The maximum Gasteiger partial charge on any atom is 0.337 e. The zero-order valence-corrected chi connectivity index (χ0v) is 14.7. The number of methoxy groups -OCH3 is 2. The van der Waals surface area contributed by atoms with Crippen molar-refractivity contribution < 1.29 is 19.2 Å². The van der Waals surface area contributed by atoms with E-state index in [0.717, 1.165) is 22.0 Å². The molecule has 7 heteroatoms. The van der Waals surface area contributed by atoms with E-state index in [1.54, 1.807) is 30.3 Å². The molecule has 0 aliphatic heterocycles. The largest absolute Gasteiger partial charge is 0.496 e. The minimum absolute atomic E-state index is 0.0537. The van der Waals surface area contributed by atoms with Crippen molar-refractivity contribution in [3.63, 3.8) is 0 Å². The van der Waals surface area contributed by atoms with Gasteiger partial charge in [0.25, 0.3) is 5.69 Å². The number of nitro benzene ring substituents is 1. The average molecular weight is 354 g/mol. The molecule has 3 aromatic rings. The van der Waals surface area contributed by atoms with Gasteiger partial charge in [0.05, 0.1) is 24.7 Å². The summed E-state index contributed by atoms with van der Waals surface area (Å²) in [6.07, 6.45) is 2.46. The Labute approximate surface area is 149 Å². The number of fused-ring (bicyclic) bond motifs is 1. The lowest BCUT2D eigenvalue weighted by atomic mass is 10.0. The van der Waals surface area contributed by atoms with Crippen LogP contribution in [0, 0.1) is 10.1 Å². The van der Waals surface area contributed by atoms with E-state index in [9.17, 15) is 14.9 Å². The highest BCUT2D eigenvalue weighted by atomic mass is 16.6. The van der Waals surface area contributed by atoms with E-state index >= 15 is 0 Å². The highest BCUT2D eigenvalue weighted by Crippen LogP contribution is 2.30. The van der Waals surface area contributed by atoms with Gasteiger partial charge in [0.2, 0.25) is 0 Å². The number of nitro groups is 1. The summed E-state index contributed by atoms with van der Waals surface area (Å²) >= 11 is 0. The molecule has 0 N–H and O–H groups in total. The van der Waals surface area contributed by atoms with E-state index in [1.165, 1.54) is 20.3 Å². The quantitative estimate of drug-likeness (QED) is 0.398. The molecule has 0 saturated carbocycles. The third kappa shape index (κ3) is 3.11. The summed E-state index contributed by atoms with van der Waals surface area (Å²) in [7, 11) is 4.76. The van der Waals surface area contributed by atoms with Gasteiger partial charge in [0.15, 0.2) is 0 Å². The van der Waals surface area contributed by atoms with Gasteiger partial charge in [0.1, 0.15) is 5.75 Å². The maximum atomic E-state index is 11.7. The zero-order valence-electron chi connectivity index (χ0n) is 14.7. The summed E-state index contributed by atoms with van der Waals surface area (Å²) in [6, 6.07) is 9.94. The first-order chi connectivity index (χ1) is 12.4. The highest BCUT2D eigenvalue weighted by molar-refractivity contribution is 5.90. The summed E-state index contributed by atoms with van der Waals surface area (Å²) in [4.78, 5) is 22.4. The van der Waals surface area contributed by atoms with Crippen molar-refractivity contribution in [1.29, 1.82) is 0 Å². The molecule has 3 rings (SSSR count). The molecular formula is C19H18N2O5. The summed E-state index contributed by atoms with van der Waals surface area (Å²) in [5.74, 6) is 0.131. The number of aromatic nitrogens is 1. The van der Waals surface area contributed by atoms with Gasteiger partial charge in [-0.2, -0.15) is 0 Å². The van der Waals surface area contributed by atoms with Crippen LogP contribution < -0.4 is 4.74 Å². The van der Waals surface area contributed by atoms with Crippen LogP contribution in [0.25, 0.3) is 10.9 Å². The molecule has 0 aliphatic carbocycles. The number of carbonyl (C=O) groups is 1. The molecule has 1 heterocycles. The molecular weight excluding hydrogens is 336 g/mol. The molecule has 0 aliphatic rings. The minimum Gasteiger partial charge on any atom is -0.496 e. The first kappa shape index (κ1) is 17.5. The maximum absolute atomic E-state index is 11.7. The number of aryl methyl sites for hydroxylation is 1. The van der Waals surface area contributed by atoms with E-state index in [-0.39, 0.29) is 5.69 Å². The number of benzene rings is 2. The van der Waals surface area contributed by atoms with Crippen LogP contribution >= 0.6 is 0 Å². The Morgan fingerprint density at radius 1 is 1.15 bits per heavy atom. The van der Waals surface area contributed by atoms with Crippen LogP contribution in [0.15, 0.2) is 42.6 Å². The Morgan fingerprint density at radius 2 is 1.92 bits per heavy atom. The molecule has 1 aromatic heterocycles. The number of non-ortho nitro benzene ring substituents is 1. The Bertz CT molecular complexity index is 1010. The van der Waals surface area contributed by atoms with Crippen molar-refractivity contribution in [2.24, 2.45) is 7.05 Å². The Hall–Kier alpha value is -3.35. The lowest BCUT2D eigenvalue weighted by molar-refractivity contribution is -0.384. The van der Waals surface area contributed by atoms with E-state index in [2.05, 4.69) is 0 Å². The van der Waals surface area contributed by atoms with Gasteiger partial charge in [0, 0.05) is 42.7 Å². The molecule has 0 fully saturated rings. The smallest absolute Gasteiger partial charge is 0.337 e. The van der Waals surface area contributed by atoms with Gasteiger partial charge in [-0.15, -0.1) is 0 Å². The number of rotatable bonds is 5. The van der Waals surface area contributed by atoms with Crippen LogP contribution in [0.5, 0.6) is 5.75 Å². The normalized spacial score (nSPS) is 10.7. The van der Waals surface area contributed by atoms with Crippen LogP contribution in [0.1, 0.15) is 21.5 Å². The fourth-order valence-corrected chi connectivity index (χ4v) is 3.06. The average Bonchev–Trinajstić information content (AvgIpc) is 2.96. The fourth-order valence-electron chi connectivity index (χ4n) is 3.06. The first-order valence-corrected chi connectivity index (χ1v) is 7.92. The van der Waals surface area contributed by atoms with Crippen LogP contribution in [0.4, 0.5) is 5.69 Å². The van der Waals surface area contributed by atoms with Crippen molar-refractivity contribution >= 4 is 22.6 Å². The number of ether oxygens (including phenoxy) is 2. The van der Waals surface area contributed by atoms with Crippen molar-refractivity contribution in [3.8, 4) is 5.75 Å².